The number of ether oxygens (including phenoxy) is 1. The number of hydrogen-bond acceptors (Lipinski definition) is 7. The van der Waals surface area contributed by atoms with Crippen LogP contribution in [-0.2, 0) is 22.2 Å². The lowest BCUT2D eigenvalue weighted by molar-refractivity contribution is -0.0344. The summed E-state index contributed by atoms with van der Waals surface area (Å²) in [5.41, 5.74) is 11.4. The van der Waals surface area contributed by atoms with Gasteiger partial charge in [0.2, 0.25) is 5.95 Å². The molecule has 1 saturated carbocycles. The molecule has 0 spiro atoms. The van der Waals surface area contributed by atoms with Crippen LogP contribution in [0.4, 0.5) is 11.6 Å². The van der Waals surface area contributed by atoms with Crippen LogP contribution in [-0.4, -0.2) is 49.5 Å². The van der Waals surface area contributed by atoms with Crippen LogP contribution in [0.1, 0.15) is 67.9 Å². The minimum absolute atomic E-state index is 0.0511. The summed E-state index contributed by atoms with van der Waals surface area (Å²) in [6.45, 7) is 11.8. The molecule has 4 atom stereocenters. The Morgan fingerprint density at radius 2 is 2.11 bits per heavy atom. The number of nitrogens with two attached hydrogens (primary N) is 1. The van der Waals surface area contributed by atoms with Crippen LogP contribution in [0, 0.1) is 18.8 Å². The Hall–Kier alpha value is -3.46. The Balaban J connectivity index is 1.17. The number of benzene rings is 1. The molecule has 9 heteroatoms. The van der Waals surface area contributed by atoms with E-state index in [1.54, 1.807) is 0 Å². The van der Waals surface area contributed by atoms with Crippen molar-refractivity contribution in [3.8, 4) is 0 Å². The number of rotatable bonds is 6. The molecule has 1 aromatic carbocycles. The van der Waals surface area contributed by atoms with Gasteiger partial charge in [-0.2, -0.15) is 4.98 Å². The van der Waals surface area contributed by atoms with Crippen LogP contribution in [0.25, 0.3) is 5.65 Å². The molecular formula is C29H36N8O. The van der Waals surface area contributed by atoms with E-state index in [9.17, 15) is 0 Å². The Bertz CT molecular complexity index is 1520. The SMILES string of the molecule is Cc1cc(N2CC[C@](C)(c3cccc(CC(C)C)c3)C2)cn2nc(C34CC(CO3)C4c3nc(N)n[nH]3)nc12. The summed E-state index contributed by atoms with van der Waals surface area (Å²) in [5, 5.41) is 12.0. The Kier molecular flexibility index (Phi) is 5.14. The molecule has 0 amide bonds. The minimum atomic E-state index is -0.567. The molecular weight excluding hydrogens is 476 g/mol. The quantitative estimate of drug-likeness (QED) is 0.400. The van der Waals surface area contributed by atoms with Crippen molar-refractivity contribution in [2.24, 2.45) is 11.8 Å². The molecule has 3 N–H and O–H groups in total. The zero-order valence-electron chi connectivity index (χ0n) is 22.6. The fraction of sp³-hybridized carbons (Fsp3) is 0.517. The van der Waals surface area contributed by atoms with Gasteiger partial charge >= 0.3 is 0 Å². The molecule has 1 aliphatic carbocycles. The van der Waals surface area contributed by atoms with Gasteiger partial charge in [0.1, 0.15) is 11.4 Å². The summed E-state index contributed by atoms with van der Waals surface area (Å²) in [4.78, 5) is 11.9. The lowest BCUT2D eigenvalue weighted by Gasteiger charge is -2.41. The molecule has 3 saturated heterocycles. The van der Waals surface area contributed by atoms with Gasteiger partial charge in [-0.1, -0.05) is 45.0 Å². The summed E-state index contributed by atoms with van der Waals surface area (Å²) >= 11 is 0. The van der Waals surface area contributed by atoms with Gasteiger partial charge in [0.05, 0.1) is 24.4 Å². The Morgan fingerprint density at radius 1 is 1.24 bits per heavy atom. The summed E-state index contributed by atoms with van der Waals surface area (Å²) in [6.07, 6.45) is 5.26. The van der Waals surface area contributed by atoms with Crippen LogP contribution in [0.5, 0.6) is 0 Å². The van der Waals surface area contributed by atoms with Crippen molar-refractivity contribution in [2.75, 3.05) is 30.3 Å². The van der Waals surface area contributed by atoms with Gasteiger partial charge in [-0.15, -0.1) is 10.2 Å². The fourth-order valence-corrected chi connectivity index (χ4v) is 7.03. The number of nitrogens with zero attached hydrogens (tertiary/aromatic N) is 6. The molecule has 4 fully saturated rings. The zero-order valence-corrected chi connectivity index (χ0v) is 22.6. The molecule has 3 aromatic heterocycles. The number of aryl methyl sites for hydroxylation is 1. The maximum absolute atomic E-state index is 6.31. The monoisotopic (exact) mass is 512 g/mol. The molecule has 198 valence electrons. The first-order chi connectivity index (χ1) is 18.2. The number of aromatic nitrogens is 6. The van der Waals surface area contributed by atoms with Gasteiger partial charge in [0, 0.05) is 18.5 Å². The molecule has 9 nitrogen and oxygen atoms in total. The number of pyridine rings is 1. The van der Waals surface area contributed by atoms with Crippen molar-refractivity contribution in [1.82, 2.24) is 29.8 Å². The number of nitrogen functional groups attached to an aromatic ring is 1. The molecule has 6 heterocycles. The fourth-order valence-electron chi connectivity index (χ4n) is 7.03. The summed E-state index contributed by atoms with van der Waals surface area (Å²) in [5.74, 6) is 2.84. The first-order valence-corrected chi connectivity index (χ1v) is 13.8. The van der Waals surface area contributed by atoms with Crippen LogP contribution < -0.4 is 10.6 Å². The van der Waals surface area contributed by atoms with E-state index in [0.29, 0.717) is 18.4 Å². The van der Waals surface area contributed by atoms with E-state index in [2.05, 4.69) is 84.3 Å². The Morgan fingerprint density at radius 3 is 2.87 bits per heavy atom. The molecule has 0 radical (unpaired) electrons. The highest BCUT2D eigenvalue weighted by Gasteiger charge is 2.66. The lowest BCUT2D eigenvalue weighted by atomic mass is 9.63. The van der Waals surface area contributed by atoms with Crippen molar-refractivity contribution in [3.63, 3.8) is 0 Å². The molecule has 3 unspecified atom stereocenters. The topological polar surface area (TPSA) is 110 Å². The average Bonchev–Trinajstić information content (AvgIpc) is 3.67. The lowest BCUT2D eigenvalue weighted by Crippen LogP contribution is -2.44. The highest BCUT2D eigenvalue weighted by molar-refractivity contribution is 5.58. The number of fused-ring (bicyclic) bond motifs is 2. The van der Waals surface area contributed by atoms with E-state index < -0.39 is 5.60 Å². The highest BCUT2D eigenvalue weighted by atomic mass is 16.5. The molecule has 2 bridgehead atoms. The third-order valence-corrected chi connectivity index (χ3v) is 9.00. The molecule has 4 aliphatic rings. The van der Waals surface area contributed by atoms with Gasteiger partial charge in [0.15, 0.2) is 11.5 Å². The second kappa shape index (κ2) is 8.27. The number of hydrogen-bond donors (Lipinski definition) is 2. The Labute approximate surface area is 222 Å². The van der Waals surface area contributed by atoms with E-state index in [0.717, 1.165) is 55.2 Å². The van der Waals surface area contributed by atoms with Gasteiger partial charge < -0.3 is 15.4 Å². The molecule has 8 rings (SSSR count). The van der Waals surface area contributed by atoms with E-state index in [1.807, 2.05) is 4.52 Å². The highest BCUT2D eigenvalue weighted by Crippen LogP contribution is 2.63. The normalized spacial score (nSPS) is 28.5. The number of H-pyrrole nitrogens is 1. The standard InChI is InChI=1S/C29H36N8O/c1-17(2)10-19-6-5-7-21(12-19)28(4)8-9-36(16-28)22-11-18(3)25-32-26(35-37(25)14-22)29-13-20(15-38-29)23(29)24-31-27(30)34-33-24/h5-7,11-12,14,17,20,23H,8-10,13,15-16H2,1-4H3,(H3,30,31,33,34)/t20?,23?,28-,29?/m0/s1. The van der Waals surface area contributed by atoms with Gasteiger partial charge in [0.25, 0.3) is 0 Å². The summed E-state index contributed by atoms with van der Waals surface area (Å²) in [6, 6.07) is 11.5. The average molecular weight is 513 g/mol. The third-order valence-electron chi connectivity index (χ3n) is 9.00. The van der Waals surface area contributed by atoms with E-state index in [-0.39, 0.29) is 17.3 Å². The molecule has 38 heavy (non-hydrogen) atoms. The minimum Gasteiger partial charge on any atom is -0.369 e. The van der Waals surface area contributed by atoms with Crippen molar-refractivity contribution >= 4 is 17.3 Å². The number of aromatic amines is 1. The van der Waals surface area contributed by atoms with Gasteiger partial charge in [-0.3, -0.25) is 5.10 Å². The van der Waals surface area contributed by atoms with Crippen LogP contribution in [0.3, 0.4) is 0 Å². The summed E-state index contributed by atoms with van der Waals surface area (Å²) in [7, 11) is 0. The third kappa shape index (κ3) is 3.55. The smallest absolute Gasteiger partial charge is 0.239 e. The van der Waals surface area contributed by atoms with Crippen molar-refractivity contribution in [2.45, 2.75) is 63.9 Å². The first kappa shape index (κ1) is 23.6. The van der Waals surface area contributed by atoms with Crippen molar-refractivity contribution in [3.05, 3.63) is 64.9 Å². The van der Waals surface area contributed by atoms with Crippen LogP contribution >= 0.6 is 0 Å². The molecule has 3 aliphatic heterocycles. The first-order valence-electron chi connectivity index (χ1n) is 13.8. The predicted octanol–water partition coefficient (Wildman–Crippen LogP) is 4.13. The van der Waals surface area contributed by atoms with Crippen LogP contribution in [0.15, 0.2) is 36.5 Å². The van der Waals surface area contributed by atoms with Crippen molar-refractivity contribution in [1.29, 1.82) is 0 Å². The van der Waals surface area contributed by atoms with Crippen LogP contribution in [0.2, 0.25) is 0 Å². The van der Waals surface area contributed by atoms with E-state index in [1.165, 1.54) is 16.8 Å². The van der Waals surface area contributed by atoms with Crippen molar-refractivity contribution < 1.29 is 4.74 Å². The second-order valence-electron chi connectivity index (χ2n) is 12.3. The zero-order chi connectivity index (χ0) is 26.2. The second-order valence-corrected chi connectivity index (χ2v) is 12.3. The maximum atomic E-state index is 6.31. The van der Waals surface area contributed by atoms with E-state index in [4.69, 9.17) is 20.6 Å². The maximum Gasteiger partial charge on any atom is 0.239 e. The summed E-state index contributed by atoms with van der Waals surface area (Å²) < 4.78 is 8.25. The molecule has 4 aromatic rings. The van der Waals surface area contributed by atoms with E-state index >= 15 is 0 Å². The predicted molar refractivity (Wildman–Crippen MR) is 146 cm³/mol. The van der Waals surface area contributed by atoms with Gasteiger partial charge in [-0.05, 0) is 60.8 Å². The van der Waals surface area contributed by atoms with Gasteiger partial charge in [-0.25, -0.2) is 9.50 Å². The number of nitrogens with one attached hydrogen (secondary N) is 1. The largest absolute Gasteiger partial charge is 0.369 e. The number of anilines is 2.